The fourth-order valence-electron chi connectivity index (χ4n) is 3.46. The zero-order chi connectivity index (χ0) is 26.2. The molecule has 0 radical (unpaired) electrons. The molecule has 1 heterocycles. The van der Waals surface area contributed by atoms with Crippen LogP contribution in [0.5, 0.6) is 23.0 Å². The molecule has 2 aromatic rings. The van der Waals surface area contributed by atoms with Gasteiger partial charge in [0.1, 0.15) is 18.1 Å². The van der Waals surface area contributed by atoms with E-state index in [-0.39, 0.29) is 23.7 Å². The maximum absolute atomic E-state index is 12.3. The average Bonchev–Trinajstić information content (AvgIpc) is 2.84. The SMILES string of the molecule is CCOc1cc([C@@H]2NC(=O)NC(C)=C2C(=O)OC)ccc1OC[C@@H](O)N/N=C\c1ccc(O)cc1O. The second-order valence-corrected chi connectivity index (χ2v) is 7.66. The maximum Gasteiger partial charge on any atom is 0.337 e. The maximum atomic E-state index is 12.3. The lowest BCUT2D eigenvalue weighted by Gasteiger charge is -2.28. The van der Waals surface area contributed by atoms with Crippen molar-refractivity contribution in [1.82, 2.24) is 16.1 Å². The van der Waals surface area contributed by atoms with Crippen LogP contribution in [0.2, 0.25) is 0 Å². The molecule has 1 aliphatic rings. The molecular weight excluding hydrogens is 472 g/mol. The van der Waals surface area contributed by atoms with Crippen LogP contribution in [0.25, 0.3) is 0 Å². The fourth-order valence-corrected chi connectivity index (χ4v) is 3.46. The molecule has 36 heavy (non-hydrogen) atoms. The van der Waals surface area contributed by atoms with Crippen molar-refractivity contribution >= 4 is 18.2 Å². The highest BCUT2D eigenvalue weighted by Crippen LogP contribution is 2.35. The quantitative estimate of drug-likeness (QED) is 0.123. The van der Waals surface area contributed by atoms with Gasteiger partial charge in [0.15, 0.2) is 17.7 Å². The minimum Gasteiger partial charge on any atom is -0.508 e. The number of esters is 1. The number of aromatic hydroxyl groups is 2. The molecule has 0 aliphatic carbocycles. The average molecular weight is 501 g/mol. The summed E-state index contributed by atoms with van der Waals surface area (Å²) in [5.41, 5.74) is 4.00. The van der Waals surface area contributed by atoms with Gasteiger partial charge in [0.25, 0.3) is 0 Å². The van der Waals surface area contributed by atoms with Crippen molar-refractivity contribution in [3.05, 3.63) is 58.8 Å². The third-order valence-corrected chi connectivity index (χ3v) is 5.11. The summed E-state index contributed by atoms with van der Waals surface area (Å²) in [5.74, 6) is -0.175. The van der Waals surface area contributed by atoms with Crippen LogP contribution in [0.3, 0.4) is 0 Å². The fraction of sp³-hybridized carbons (Fsp3) is 0.292. The first-order chi connectivity index (χ1) is 17.2. The molecule has 2 atom stereocenters. The Morgan fingerprint density at radius 1 is 1.19 bits per heavy atom. The molecule has 3 rings (SSSR count). The number of urea groups is 1. The van der Waals surface area contributed by atoms with E-state index in [4.69, 9.17) is 14.2 Å². The van der Waals surface area contributed by atoms with E-state index in [1.54, 1.807) is 32.0 Å². The molecule has 12 heteroatoms. The number of rotatable bonds is 10. The number of allylic oxidation sites excluding steroid dienone is 1. The highest BCUT2D eigenvalue weighted by Gasteiger charge is 2.32. The highest BCUT2D eigenvalue weighted by atomic mass is 16.5. The summed E-state index contributed by atoms with van der Waals surface area (Å²) in [7, 11) is 1.26. The lowest BCUT2D eigenvalue weighted by molar-refractivity contribution is -0.136. The number of hydrogen-bond donors (Lipinski definition) is 6. The van der Waals surface area contributed by atoms with Crippen LogP contribution >= 0.6 is 0 Å². The van der Waals surface area contributed by atoms with Crippen LogP contribution in [0.1, 0.15) is 31.0 Å². The van der Waals surface area contributed by atoms with Gasteiger partial charge >= 0.3 is 12.0 Å². The van der Waals surface area contributed by atoms with Crippen LogP contribution in [0, 0.1) is 0 Å². The first-order valence-electron chi connectivity index (χ1n) is 11.0. The van der Waals surface area contributed by atoms with Gasteiger partial charge in [-0.3, -0.25) is 5.43 Å². The lowest BCUT2D eigenvalue weighted by atomic mass is 9.95. The topological polar surface area (TPSA) is 171 Å². The molecule has 2 aromatic carbocycles. The number of carbonyl (C=O) groups is 2. The molecule has 0 saturated carbocycles. The molecular formula is C24H28N4O8. The number of benzene rings is 2. The van der Waals surface area contributed by atoms with Gasteiger partial charge in [-0.2, -0.15) is 5.10 Å². The van der Waals surface area contributed by atoms with Crippen molar-refractivity contribution in [2.75, 3.05) is 20.3 Å². The van der Waals surface area contributed by atoms with Crippen molar-refractivity contribution in [2.24, 2.45) is 5.10 Å². The van der Waals surface area contributed by atoms with E-state index in [1.165, 1.54) is 31.5 Å². The Hall–Kier alpha value is -4.45. The van der Waals surface area contributed by atoms with Gasteiger partial charge in [0.05, 0.1) is 31.5 Å². The number of aliphatic hydroxyl groups is 1. The molecule has 1 aliphatic heterocycles. The first-order valence-corrected chi connectivity index (χ1v) is 11.0. The molecule has 6 N–H and O–H groups in total. The van der Waals surface area contributed by atoms with E-state index < -0.39 is 24.3 Å². The smallest absolute Gasteiger partial charge is 0.337 e. The van der Waals surface area contributed by atoms with E-state index in [0.29, 0.717) is 34.9 Å². The molecule has 12 nitrogen and oxygen atoms in total. The highest BCUT2D eigenvalue weighted by molar-refractivity contribution is 5.95. The predicted octanol–water partition coefficient (Wildman–Crippen LogP) is 1.62. The third kappa shape index (κ3) is 6.36. The Labute approximate surface area is 207 Å². The first kappa shape index (κ1) is 26.2. The van der Waals surface area contributed by atoms with Gasteiger partial charge in [-0.05, 0) is 43.7 Å². The number of carbonyl (C=O) groups excluding carboxylic acids is 2. The molecule has 192 valence electrons. The molecule has 2 amide bonds. The van der Waals surface area contributed by atoms with Crippen molar-refractivity contribution in [3.63, 3.8) is 0 Å². The van der Waals surface area contributed by atoms with Crippen LogP contribution in [-0.4, -0.2) is 60.1 Å². The van der Waals surface area contributed by atoms with E-state index in [0.717, 1.165) is 0 Å². The molecule has 0 bridgehead atoms. The van der Waals surface area contributed by atoms with Crippen molar-refractivity contribution in [3.8, 4) is 23.0 Å². The summed E-state index contributed by atoms with van der Waals surface area (Å²) in [6.07, 6.45) is 0.0787. The molecule has 0 saturated heterocycles. The van der Waals surface area contributed by atoms with E-state index in [1.807, 2.05) is 0 Å². The van der Waals surface area contributed by atoms with Gasteiger partial charge in [-0.1, -0.05) is 6.07 Å². The van der Waals surface area contributed by atoms with Crippen LogP contribution in [-0.2, 0) is 9.53 Å². The summed E-state index contributed by atoms with van der Waals surface area (Å²) in [6, 6.07) is 7.69. The Morgan fingerprint density at radius 2 is 1.97 bits per heavy atom. The standard InChI is InChI=1S/C24H28N4O8/c1-4-35-19-9-14(22-21(23(32)34-3)13(2)26-24(33)27-22)6-8-18(19)36-12-20(31)28-25-11-15-5-7-16(29)10-17(15)30/h5-11,20,22,28-31H,4,12H2,1-3H3,(H2,26,27,33)/b25-11-/t20-,22+/m1/s1. The Kier molecular flexibility index (Phi) is 8.57. The number of phenolic OH excluding ortho intramolecular Hbond substituents is 2. The monoisotopic (exact) mass is 500 g/mol. The number of ether oxygens (including phenoxy) is 3. The lowest BCUT2D eigenvalue weighted by Crippen LogP contribution is -2.45. The predicted molar refractivity (Wildman–Crippen MR) is 129 cm³/mol. The number of nitrogens with one attached hydrogen (secondary N) is 3. The molecule has 0 unspecified atom stereocenters. The van der Waals surface area contributed by atoms with Gasteiger partial charge in [-0.25, -0.2) is 9.59 Å². The van der Waals surface area contributed by atoms with Crippen LogP contribution in [0.4, 0.5) is 4.79 Å². The Balaban J connectivity index is 1.71. The number of hydrazone groups is 1. The summed E-state index contributed by atoms with van der Waals surface area (Å²) in [6.45, 7) is 3.52. The van der Waals surface area contributed by atoms with Crippen molar-refractivity contribution in [2.45, 2.75) is 26.1 Å². The minimum absolute atomic E-state index is 0.0858. The number of methoxy groups -OCH3 is 1. The Morgan fingerprint density at radius 3 is 2.67 bits per heavy atom. The van der Waals surface area contributed by atoms with Gasteiger partial charge in [0, 0.05) is 17.3 Å². The summed E-state index contributed by atoms with van der Waals surface area (Å²) in [5, 5.41) is 38.4. The van der Waals surface area contributed by atoms with E-state index in [9.17, 15) is 24.9 Å². The molecule has 0 spiro atoms. The van der Waals surface area contributed by atoms with Crippen molar-refractivity contribution in [1.29, 1.82) is 0 Å². The number of amides is 2. The normalized spacial score (nSPS) is 16.2. The van der Waals surface area contributed by atoms with Crippen LogP contribution < -0.4 is 25.5 Å². The summed E-state index contributed by atoms with van der Waals surface area (Å²) < 4.78 is 16.2. The summed E-state index contributed by atoms with van der Waals surface area (Å²) in [4.78, 5) is 24.4. The minimum atomic E-state index is -1.20. The second-order valence-electron chi connectivity index (χ2n) is 7.66. The molecule has 0 aromatic heterocycles. The largest absolute Gasteiger partial charge is 0.508 e. The number of phenols is 2. The zero-order valence-corrected chi connectivity index (χ0v) is 19.9. The van der Waals surface area contributed by atoms with Crippen molar-refractivity contribution < 1.29 is 39.1 Å². The summed E-state index contributed by atoms with van der Waals surface area (Å²) >= 11 is 0. The number of nitrogens with zero attached hydrogens (tertiary/aromatic N) is 1. The number of hydrogen-bond acceptors (Lipinski definition) is 10. The second kappa shape index (κ2) is 11.8. The Bertz CT molecular complexity index is 1180. The van der Waals surface area contributed by atoms with Crippen LogP contribution in [0.15, 0.2) is 52.8 Å². The molecule has 0 fully saturated rings. The van der Waals surface area contributed by atoms with E-state index in [2.05, 4.69) is 21.2 Å². The van der Waals surface area contributed by atoms with Gasteiger partial charge < -0.3 is 40.2 Å². The zero-order valence-electron chi connectivity index (χ0n) is 19.9. The van der Waals surface area contributed by atoms with E-state index >= 15 is 0 Å². The van der Waals surface area contributed by atoms with Gasteiger partial charge in [0.2, 0.25) is 0 Å². The number of aliphatic hydroxyl groups excluding tert-OH is 1. The van der Waals surface area contributed by atoms with Gasteiger partial charge in [-0.15, -0.1) is 0 Å². The third-order valence-electron chi connectivity index (χ3n) is 5.11.